The Morgan fingerprint density at radius 3 is 2.33 bits per heavy atom. The number of hydrogen-bond donors (Lipinski definition) is 1. The first kappa shape index (κ1) is 12.7. The summed E-state index contributed by atoms with van der Waals surface area (Å²) in [5.41, 5.74) is 3.49. The minimum atomic E-state index is -1.01. The Balaban J connectivity index is 2.89. The molecular weight excluding hydrogens is 228 g/mol. The number of fused-ring (bicyclic) bond motifs is 1. The number of furan rings is 1. The summed E-state index contributed by atoms with van der Waals surface area (Å²) in [4.78, 5) is 11.1. The van der Waals surface area contributed by atoms with Crippen LogP contribution in [0.3, 0.4) is 0 Å². The van der Waals surface area contributed by atoms with Gasteiger partial charge in [-0.05, 0) is 30.9 Å². The van der Waals surface area contributed by atoms with Gasteiger partial charge in [-0.15, -0.1) is 0 Å². The van der Waals surface area contributed by atoms with E-state index < -0.39 is 5.97 Å². The molecule has 2 rings (SSSR count). The molecule has 0 aliphatic carbocycles. The van der Waals surface area contributed by atoms with Crippen molar-refractivity contribution in [2.24, 2.45) is 0 Å². The van der Waals surface area contributed by atoms with Gasteiger partial charge in [0.2, 0.25) is 5.76 Å². The fourth-order valence-electron chi connectivity index (χ4n) is 2.22. The van der Waals surface area contributed by atoms with Gasteiger partial charge < -0.3 is 9.52 Å². The van der Waals surface area contributed by atoms with Gasteiger partial charge in [-0.25, -0.2) is 4.79 Å². The van der Waals surface area contributed by atoms with Crippen LogP contribution < -0.4 is 0 Å². The monoisotopic (exact) mass is 246 g/mol. The minimum Gasteiger partial charge on any atom is -0.475 e. The van der Waals surface area contributed by atoms with Crippen molar-refractivity contribution in [1.82, 2.24) is 0 Å². The Kier molecular flexibility index (Phi) is 2.73. The van der Waals surface area contributed by atoms with Gasteiger partial charge in [0.1, 0.15) is 5.58 Å². The predicted octanol–water partition coefficient (Wildman–Crippen LogP) is 4.05. The van der Waals surface area contributed by atoms with E-state index >= 15 is 0 Å². The van der Waals surface area contributed by atoms with Gasteiger partial charge >= 0.3 is 5.97 Å². The summed E-state index contributed by atoms with van der Waals surface area (Å²) in [5, 5.41) is 10.0. The van der Waals surface area contributed by atoms with E-state index in [2.05, 4.69) is 26.8 Å². The molecule has 3 nitrogen and oxygen atoms in total. The lowest BCUT2D eigenvalue weighted by Gasteiger charge is -2.19. The zero-order valence-corrected chi connectivity index (χ0v) is 11.4. The van der Waals surface area contributed by atoms with Crippen LogP contribution in [-0.2, 0) is 5.41 Å². The molecule has 0 bridgehead atoms. The SMILES string of the molecule is Cc1cc(C(C)(C)C)c2oc(C(=O)O)c(C)c2c1. The highest BCUT2D eigenvalue weighted by atomic mass is 16.4. The number of carboxylic acid groups (broad SMARTS) is 1. The molecule has 1 heterocycles. The third-order valence-corrected chi connectivity index (χ3v) is 3.18. The Hall–Kier alpha value is -1.77. The van der Waals surface area contributed by atoms with Crippen LogP contribution in [-0.4, -0.2) is 11.1 Å². The summed E-state index contributed by atoms with van der Waals surface area (Å²) in [7, 11) is 0. The van der Waals surface area contributed by atoms with Crippen LogP contribution in [0.2, 0.25) is 0 Å². The summed E-state index contributed by atoms with van der Waals surface area (Å²) >= 11 is 0. The molecule has 0 saturated carbocycles. The van der Waals surface area contributed by atoms with Crippen LogP contribution in [0, 0.1) is 13.8 Å². The predicted molar refractivity (Wildman–Crippen MR) is 71.3 cm³/mol. The van der Waals surface area contributed by atoms with Crippen molar-refractivity contribution in [2.45, 2.75) is 40.0 Å². The number of carbonyl (C=O) groups is 1. The first-order valence-electron chi connectivity index (χ1n) is 5.99. The second-order valence-electron chi connectivity index (χ2n) is 5.80. The maximum absolute atomic E-state index is 11.1. The number of aryl methyl sites for hydroxylation is 2. The molecule has 96 valence electrons. The van der Waals surface area contributed by atoms with Gasteiger partial charge in [0.25, 0.3) is 0 Å². The van der Waals surface area contributed by atoms with E-state index in [1.165, 1.54) is 0 Å². The van der Waals surface area contributed by atoms with Gasteiger partial charge in [0.15, 0.2) is 0 Å². The molecule has 1 aromatic carbocycles. The number of rotatable bonds is 1. The Morgan fingerprint density at radius 1 is 1.22 bits per heavy atom. The molecule has 0 radical (unpaired) electrons. The van der Waals surface area contributed by atoms with E-state index in [-0.39, 0.29) is 11.2 Å². The van der Waals surface area contributed by atoms with Crippen molar-refractivity contribution < 1.29 is 14.3 Å². The standard InChI is InChI=1S/C15H18O3/c1-8-6-10-9(2)12(14(16)17)18-13(10)11(7-8)15(3,4)5/h6-7H,1-5H3,(H,16,17). The fourth-order valence-corrected chi connectivity index (χ4v) is 2.22. The third-order valence-electron chi connectivity index (χ3n) is 3.18. The van der Waals surface area contributed by atoms with Crippen LogP contribution in [0.4, 0.5) is 0 Å². The molecule has 0 atom stereocenters. The van der Waals surface area contributed by atoms with E-state index in [9.17, 15) is 4.79 Å². The van der Waals surface area contributed by atoms with Crippen LogP contribution in [0.15, 0.2) is 16.5 Å². The van der Waals surface area contributed by atoms with Crippen molar-refractivity contribution in [2.75, 3.05) is 0 Å². The molecule has 0 amide bonds. The molecule has 0 fully saturated rings. The van der Waals surface area contributed by atoms with Crippen molar-refractivity contribution >= 4 is 16.9 Å². The third kappa shape index (κ3) is 1.90. The summed E-state index contributed by atoms with van der Waals surface area (Å²) < 4.78 is 5.57. The molecule has 0 saturated heterocycles. The molecular formula is C15H18O3. The lowest BCUT2D eigenvalue weighted by Crippen LogP contribution is -2.11. The maximum Gasteiger partial charge on any atom is 0.372 e. The molecule has 18 heavy (non-hydrogen) atoms. The second kappa shape index (κ2) is 3.87. The van der Waals surface area contributed by atoms with Crippen LogP contribution >= 0.6 is 0 Å². The maximum atomic E-state index is 11.1. The average Bonchev–Trinajstić information content (AvgIpc) is 2.54. The summed E-state index contributed by atoms with van der Waals surface area (Å²) in [5.74, 6) is -0.970. The number of aromatic carboxylic acids is 1. The smallest absolute Gasteiger partial charge is 0.372 e. The first-order chi connectivity index (χ1) is 8.21. The highest BCUT2D eigenvalue weighted by molar-refractivity contribution is 5.96. The van der Waals surface area contributed by atoms with Gasteiger partial charge in [0, 0.05) is 16.5 Å². The molecule has 0 aliphatic heterocycles. The van der Waals surface area contributed by atoms with E-state index in [4.69, 9.17) is 9.52 Å². The molecule has 3 heteroatoms. The summed E-state index contributed by atoms with van der Waals surface area (Å²) in [6.07, 6.45) is 0. The van der Waals surface area contributed by atoms with Gasteiger partial charge in [-0.3, -0.25) is 0 Å². The number of carboxylic acids is 1. The zero-order valence-electron chi connectivity index (χ0n) is 11.4. The van der Waals surface area contributed by atoms with Crippen molar-refractivity contribution in [3.8, 4) is 0 Å². The molecule has 1 aromatic heterocycles. The topological polar surface area (TPSA) is 50.4 Å². The van der Waals surface area contributed by atoms with E-state index in [1.807, 2.05) is 13.0 Å². The van der Waals surface area contributed by atoms with Crippen LogP contribution in [0.5, 0.6) is 0 Å². The summed E-state index contributed by atoms with van der Waals surface area (Å²) in [6, 6.07) is 4.05. The Bertz CT molecular complexity index is 627. The highest BCUT2D eigenvalue weighted by Crippen LogP contribution is 2.35. The van der Waals surface area contributed by atoms with E-state index in [0.29, 0.717) is 11.1 Å². The van der Waals surface area contributed by atoms with Crippen LogP contribution in [0.1, 0.15) is 48.0 Å². The first-order valence-corrected chi connectivity index (χ1v) is 5.99. The second-order valence-corrected chi connectivity index (χ2v) is 5.80. The Labute approximate surface area is 106 Å². The van der Waals surface area contributed by atoms with Crippen molar-refractivity contribution in [1.29, 1.82) is 0 Å². The molecule has 2 aromatic rings. The Morgan fingerprint density at radius 2 is 1.83 bits per heavy atom. The lowest BCUT2D eigenvalue weighted by molar-refractivity contribution is 0.0663. The van der Waals surface area contributed by atoms with Crippen molar-refractivity contribution in [3.05, 3.63) is 34.6 Å². The number of benzene rings is 1. The molecule has 0 aliphatic rings. The van der Waals surface area contributed by atoms with Crippen LogP contribution in [0.25, 0.3) is 11.0 Å². The van der Waals surface area contributed by atoms with E-state index in [1.54, 1.807) is 6.92 Å². The average molecular weight is 246 g/mol. The lowest BCUT2D eigenvalue weighted by atomic mass is 9.85. The van der Waals surface area contributed by atoms with Crippen molar-refractivity contribution in [3.63, 3.8) is 0 Å². The van der Waals surface area contributed by atoms with Gasteiger partial charge in [0.05, 0.1) is 0 Å². The minimum absolute atomic E-state index is 0.0427. The quantitative estimate of drug-likeness (QED) is 0.826. The summed E-state index contributed by atoms with van der Waals surface area (Å²) in [6.45, 7) is 10.1. The molecule has 1 N–H and O–H groups in total. The normalized spacial score (nSPS) is 12.1. The highest BCUT2D eigenvalue weighted by Gasteiger charge is 2.24. The fraction of sp³-hybridized carbons (Fsp3) is 0.400. The largest absolute Gasteiger partial charge is 0.475 e. The van der Waals surface area contributed by atoms with Gasteiger partial charge in [-0.2, -0.15) is 0 Å². The molecule has 0 unspecified atom stereocenters. The zero-order chi connectivity index (χ0) is 13.7. The van der Waals surface area contributed by atoms with E-state index in [0.717, 1.165) is 16.5 Å². The molecule has 0 spiro atoms. The number of hydrogen-bond acceptors (Lipinski definition) is 2. The van der Waals surface area contributed by atoms with Gasteiger partial charge in [-0.1, -0.05) is 26.8 Å².